The molecular formula is C11H18BrCl3N4O. The molecule has 1 fully saturated rings. The lowest BCUT2D eigenvalue weighted by Crippen LogP contribution is -2.46. The Morgan fingerprint density at radius 1 is 1.30 bits per heavy atom. The summed E-state index contributed by atoms with van der Waals surface area (Å²) in [4.78, 5) is 18.0. The standard InChI is InChI=1S/C11H15BrN4O.3ClH/c12-9-1-2-10(14-7-9)15-11(17)8-16-5-3-13-4-6-16;;;/h1-2,7,13H,3-6,8H2,(H,14,15,17);3*1H. The molecule has 5 nitrogen and oxygen atoms in total. The summed E-state index contributed by atoms with van der Waals surface area (Å²) in [5, 5.41) is 6.04. The Bertz CT molecular complexity index is 388. The van der Waals surface area contributed by atoms with E-state index < -0.39 is 0 Å². The Labute approximate surface area is 145 Å². The summed E-state index contributed by atoms with van der Waals surface area (Å²) < 4.78 is 0.901. The zero-order valence-corrected chi connectivity index (χ0v) is 14.7. The third-order valence-electron chi connectivity index (χ3n) is 2.57. The van der Waals surface area contributed by atoms with Crippen molar-refractivity contribution >= 4 is 64.9 Å². The third kappa shape index (κ3) is 7.61. The molecule has 0 saturated carbocycles. The predicted molar refractivity (Wildman–Crippen MR) is 91.6 cm³/mol. The minimum absolute atomic E-state index is 0. The molecule has 1 saturated heterocycles. The maximum Gasteiger partial charge on any atom is 0.239 e. The quantitative estimate of drug-likeness (QED) is 0.803. The number of anilines is 1. The van der Waals surface area contributed by atoms with Gasteiger partial charge in [0.05, 0.1) is 6.54 Å². The highest BCUT2D eigenvalue weighted by Gasteiger charge is 2.13. The van der Waals surface area contributed by atoms with Gasteiger partial charge < -0.3 is 10.6 Å². The molecule has 0 bridgehead atoms. The fourth-order valence-electron chi connectivity index (χ4n) is 1.70. The number of hydrogen-bond acceptors (Lipinski definition) is 4. The molecule has 0 radical (unpaired) electrons. The van der Waals surface area contributed by atoms with Crippen LogP contribution in [0, 0.1) is 0 Å². The first-order chi connectivity index (χ1) is 8.24. The van der Waals surface area contributed by atoms with E-state index in [-0.39, 0.29) is 43.1 Å². The van der Waals surface area contributed by atoms with Crippen LogP contribution in [-0.4, -0.2) is 48.5 Å². The highest BCUT2D eigenvalue weighted by molar-refractivity contribution is 9.10. The largest absolute Gasteiger partial charge is 0.314 e. The van der Waals surface area contributed by atoms with Gasteiger partial charge in [-0.05, 0) is 28.1 Å². The summed E-state index contributed by atoms with van der Waals surface area (Å²) in [6.07, 6.45) is 1.67. The zero-order chi connectivity index (χ0) is 12.1. The van der Waals surface area contributed by atoms with E-state index in [1.54, 1.807) is 12.3 Å². The van der Waals surface area contributed by atoms with Gasteiger partial charge in [0.2, 0.25) is 5.91 Å². The molecule has 0 spiro atoms. The smallest absolute Gasteiger partial charge is 0.239 e. The van der Waals surface area contributed by atoms with Crippen molar-refractivity contribution in [2.24, 2.45) is 0 Å². The second-order valence-corrected chi connectivity index (χ2v) is 4.85. The van der Waals surface area contributed by atoms with E-state index in [0.29, 0.717) is 12.4 Å². The van der Waals surface area contributed by atoms with Crippen LogP contribution in [0.4, 0.5) is 5.82 Å². The van der Waals surface area contributed by atoms with Crippen LogP contribution in [0.5, 0.6) is 0 Å². The minimum atomic E-state index is -0.0123. The van der Waals surface area contributed by atoms with Gasteiger partial charge in [-0.2, -0.15) is 0 Å². The van der Waals surface area contributed by atoms with Gasteiger partial charge in [-0.3, -0.25) is 9.69 Å². The number of nitrogens with zero attached hydrogens (tertiary/aromatic N) is 2. The van der Waals surface area contributed by atoms with Crippen LogP contribution in [0.15, 0.2) is 22.8 Å². The summed E-state index contributed by atoms with van der Waals surface area (Å²) in [6, 6.07) is 3.63. The average Bonchev–Trinajstić information content (AvgIpc) is 2.33. The number of nitrogens with one attached hydrogen (secondary N) is 2. The molecule has 1 aliphatic heterocycles. The maximum absolute atomic E-state index is 11.7. The van der Waals surface area contributed by atoms with Crippen LogP contribution in [0.3, 0.4) is 0 Å². The zero-order valence-electron chi connectivity index (χ0n) is 10.7. The molecule has 9 heteroatoms. The first kappa shape index (κ1) is 22.2. The highest BCUT2D eigenvalue weighted by atomic mass is 79.9. The number of amides is 1. The summed E-state index contributed by atoms with van der Waals surface area (Å²) in [6.45, 7) is 4.16. The second kappa shape index (κ2) is 11.5. The van der Waals surface area contributed by atoms with Gasteiger partial charge >= 0.3 is 0 Å². The molecule has 0 aromatic carbocycles. The minimum Gasteiger partial charge on any atom is -0.314 e. The van der Waals surface area contributed by atoms with Crippen LogP contribution in [0.1, 0.15) is 0 Å². The molecule has 1 aliphatic rings. The van der Waals surface area contributed by atoms with Crippen molar-refractivity contribution in [3.63, 3.8) is 0 Å². The molecule has 0 atom stereocenters. The lowest BCUT2D eigenvalue weighted by molar-refractivity contribution is -0.117. The van der Waals surface area contributed by atoms with E-state index in [9.17, 15) is 4.79 Å². The van der Waals surface area contributed by atoms with Crippen LogP contribution >= 0.6 is 53.2 Å². The Balaban J connectivity index is 0. The van der Waals surface area contributed by atoms with Crippen LogP contribution in [0.2, 0.25) is 0 Å². The SMILES string of the molecule is Cl.Cl.Cl.O=C(CN1CCNCC1)Nc1ccc(Br)cn1. The van der Waals surface area contributed by atoms with Crippen molar-refractivity contribution in [3.05, 3.63) is 22.8 Å². The highest BCUT2D eigenvalue weighted by Crippen LogP contribution is 2.10. The molecular weight excluding hydrogens is 390 g/mol. The van der Waals surface area contributed by atoms with Crippen molar-refractivity contribution < 1.29 is 4.79 Å². The van der Waals surface area contributed by atoms with Gasteiger partial charge in [0, 0.05) is 36.8 Å². The fourth-order valence-corrected chi connectivity index (χ4v) is 1.94. The van der Waals surface area contributed by atoms with Gasteiger partial charge in [-0.25, -0.2) is 4.98 Å². The maximum atomic E-state index is 11.7. The van der Waals surface area contributed by atoms with Crippen molar-refractivity contribution in [1.29, 1.82) is 0 Å². The summed E-state index contributed by atoms with van der Waals surface area (Å²) in [5.74, 6) is 0.579. The number of pyridine rings is 1. The van der Waals surface area contributed by atoms with Crippen LogP contribution < -0.4 is 10.6 Å². The second-order valence-electron chi connectivity index (χ2n) is 3.94. The molecule has 116 valence electrons. The Morgan fingerprint density at radius 3 is 2.50 bits per heavy atom. The number of rotatable bonds is 3. The third-order valence-corrected chi connectivity index (χ3v) is 3.04. The lowest BCUT2D eigenvalue weighted by atomic mass is 10.3. The molecule has 0 aliphatic carbocycles. The van der Waals surface area contributed by atoms with Crippen molar-refractivity contribution in [3.8, 4) is 0 Å². The van der Waals surface area contributed by atoms with E-state index in [2.05, 4.69) is 36.4 Å². The number of piperazine rings is 1. The number of halogens is 4. The number of carbonyl (C=O) groups is 1. The Kier molecular flexibility index (Phi) is 12.8. The average molecular weight is 409 g/mol. The van der Waals surface area contributed by atoms with E-state index in [0.717, 1.165) is 30.7 Å². The van der Waals surface area contributed by atoms with E-state index >= 15 is 0 Å². The summed E-state index contributed by atoms with van der Waals surface area (Å²) in [7, 11) is 0. The molecule has 0 unspecified atom stereocenters. The van der Waals surface area contributed by atoms with Gasteiger partial charge in [0.25, 0.3) is 0 Å². The first-order valence-corrected chi connectivity index (χ1v) is 6.38. The number of hydrogen-bond donors (Lipinski definition) is 2. The van der Waals surface area contributed by atoms with Crippen molar-refractivity contribution in [1.82, 2.24) is 15.2 Å². The van der Waals surface area contributed by atoms with Gasteiger partial charge in [-0.1, -0.05) is 0 Å². The van der Waals surface area contributed by atoms with Crippen molar-refractivity contribution in [2.75, 3.05) is 38.0 Å². The summed E-state index contributed by atoms with van der Waals surface area (Å²) in [5.41, 5.74) is 0. The Hall–Kier alpha value is -0.110. The molecule has 1 amide bonds. The van der Waals surface area contributed by atoms with Crippen molar-refractivity contribution in [2.45, 2.75) is 0 Å². The van der Waals surface area contributed by atoms with E-state index in [1.165, 1.54) is 0 Å². The van der Waals surface area contributed by atoms with Gasteiger partial charge in [0.15, 0.2) is 0 Å². The van der Waals surface area contributed by atoms with E-state index in [1.807, 2.05) is 6.07 Å². The first-order valence-electron chi connectivity index (χ1n) is 5.58. The predicted octanol–water partition coefficient (Wildman–Crippen LogP) is 1.95. The molecule has 2 N–H and O–H groups in total. The van der Waals surface area contributed by atoms with Gasteiger partial charge in [-0.15, -0.1) is 37.2 Å². The van der Waals surface area contributed by atoms with Crippen LogP contribution in [0.25, 0.3) is 0 Å². The molecule has 2 rings (SSSR count). The number of carbonyl (C=O) groups excluding carboxylic acids is 1. The van der Waals surface area contributed by atoms with Gasteiger partial charge in [0.1, 0.15) is 5.82 Å². The molecule has 20 heavy (non-hydrogen) atoms. The topological polar surface area (TPSA) is 57.3 Å². The normalized spacial score (nSPS) is 14.2. The Morgan fingerprint density at radius 2 is 1.95 bits per heavy atom. The molecule has 2 heterocycles. The monoisotopic (exact) mass is 406 g/mol. The van der Waals surface area contributed by atoms with Crippen LogP contribution in [-0.2, 0) is 4.79 Å². The lowest BCUT2D eigenvalue weighted by Gasteiger charge is -2.26. The summed E-state index contributed by atoms with van der Waals surface area (Å²) >= 11 is 3.30. The number of aromatic nitrogens is 1. The molecule has 1 aromatic rings. The fraction of sp³-hybridized carbons (Fsp3) is 0.455. The van der Waals surface area contributed by atoms with E-state index in [4.69, 9.17) is 0 Å². The molecule has 1 aromatic heterocycles.